The smallest absolute Gasteiger partial charge is 0.457 e. The van der Waals surface area contributed by atoms with Crippen LogP contribution in [0.4, 0.5) is 8.78 Å². The monoisotopic (exact) mass is 669 g/mol. The third kappa shape index (κ3) is 8.18. The molecule has 3 amide bonds. The predicted octanol–water partition coefficient (Wildman–Crippen LogP) is 4.66. The van der Waals surface area contributed by atoms with Gasteiger partial charge in [-0.1, -0.05) is 18.2 Å². The average Bonchev–Trinajstić information content (AvgIpc) is 3.73. The van der Waals surface area contributed by atoms with Crippen molar-refractivity contribution in [2.24, 2.45) is 0 Å². The van der Waals surface area contributed by atoms with Crippen LogP contribution in [0.15, 0.2) is 66.0 Å². The summed E-state index contributed by atoms with van der Waals surface area (Å²) in [4.78, 5) is 41.5. The molecule has 1 aromatic heterocycles. The molecule has 0 saturated carbocycles. The number of carbonyl (C=O) groups is 3. The minimum atomic E-state index is -3.06. The molecule has 0 radical (unpaired) electrons. The molecular weight excluding hydrogens is 631 g/mol. The molecule has 0 spiro atoms. The number of hydrogen-bond donors (Lipinski definition) is 2. The highest BCUT2D eigenvalue weighted by Gasteiger charge is 2.52. The fourth-order valence-electron chi connectivity index (χ4n) is 5.30. The van der Waals surface area contributed by atoms with Crippen LogP contribution in [-0.2, 0) is 23.6 Å². The van der Waals surface area contributed by atoms with E-state index in [1.54, 1.807) is 43.3 Å². The number of carbonyl (C=O) groups excluding carboxylic acids is 3. The van der Waals surface area contributed by atoms with Gasteiger partial charge in [0.25, 0.3) is 5.91 Å². The van der Waals surface area contributed by atoms with Gasteiger partial charge in [-0.2, -0.15) is 8.78 Å². The van der Waals surface area contributed by atoms with E-state index in [9.17, 15) is 23.2 Å². The van der Waals surface area contributed by atoms with Gasteiger partial charge < -0.3 is 34.3 Å². The minimum absolute atomic E-state index is 0.116. The second-order valence-corrected chi connectivity index (χ2v) is 13.5. The van der Waals surface area contributed by atoms with Crippen molar-refractivity contribution in [2.75, 3.05) is 13.1 Å². The highest BCUT2D eigenvalue weighted by molar-refractivity contribution is 7.11. The van der Waals surface area contributed by atoms with E-state index in [4.69, 9.17) is 14.0 Å². The number of thiophene rings is 1. The Hall–Kier alpha value is -3.85. The van der Waals surface area contributed by atoms with E-state index in [1.807, 2.05) is 57.3 Å². The van der Waals surface area contributed by atoms with Crippen molar-refractivity contribution in [2.45, 2.75) is 77.0 Å². The van der Waals surface area contributed by atoms with Gasteiger partial charge in [-0.05, 0) is 87.9 Å². The van der Waals surface area contributed by atoms with Crippen molar-refractivity contribution < 1.29 is 41.9 Å². The van der Waals surface area contributed by atoms with Crippen LogP contribution in [0.5, 0.6) is 11.5 Å². The van der Waals surface area contributed by atoms with Crippen LogP contribution in [-0.4, -0.2) is 72.8 Å². The van der Waals surface area contributed by atoms with Crippen LogP contribution < -0.4 is 20.8 Å². The summed E-state index contributed by atoms with van der Waals surface area (Å²) in [5.41, 5.74) is 0.104. The normalized spacial score (nSPS) is 20.7. The summed E-state index contributed by atoms with van der Waals surface area (Å²) >= 11 is 1.42. The molecule has 2 aromatic carbocycles. The molecular formula is C33H38BF2N3O7S. The van der Waals surface area contributed by atoms with E-state index in [0.29, 0.717) is 11.5 Å². The number of hydrogen-bond acceptors (Lipinski definition) is 8. The van der Waals surface area contributed by atoms with Gasteiger partial charge in [0.05, 0.1) is 29.9 Å². The number of halogens is 2. The molecule has 0 bridgehead atoms. The highest BCUT2D eigenvalue weighted by Crippen LogP contribution is 2.37. The van der Waals surface area contributed by atoms with Gasteiger partial charge in [0.2, 0.25) is 11.8 Å². The Balaban J connectivity index is 1.19. The van der Waals surface area contributed by atoms with E-state index in [2.05, 4.69) is 15.4 Å². The zero-order valence-corrected chi connectivity index (χ0v) is 27.6. The summed E-state index contributed by atoms with van der Waals surface area (Å²) in [7, 11) is -0.557. The first kappa shape index (κ1) is 34.5. The molecule has 0 aliphatic carbocycles. The molecule has 2 saturated heterocycles. The van der Waals surface area contributed by atoms with E-state index in [-0.39, 0.29) is 18.5 Å². The SMILES string of the molecule is C[C@@H](NC(=O)[C@@H]1C[C@@H](OC(F)F)CN1C(=O)CNC(=O)c1ccc(Oc2ccccc2)cc1)c1cc(B2OC(C)(C)C(C)(C)O2)cs1. The zero-order valence-electron chi connectivity index (χ0n) is 26.8. The molecule has 5 rings (SSSR count). The Bertz CT molecular complexity index is 1560. The summed E-state index contributed by atoms with van der Waals surface area (Å²) in [5, 5.41) is 7.36. The third-order valence-corrected chi connectivity index (χ3v) is 9.76. The Kier molecular flexibility index (Phi) is 10.3. The molecule has 3 heterocycles. The van der Waals surface area contributed by atoms with Crippen molar-refractivity contribution in [1.29, 1.82) is 0 Å². The standard InChI is InChI=1S/C33H38BF2N3O7S/c1-20(27-15-22(19-47-27)34-45-32(2,3)33(4,5)46-34)38-30(42)26-16-25(44-31(35)36)18-39(26)28(40)17-37-29(41)21-11-13-24(14-12-21)43-23-9-7-6-8-10-23/h6-15,19-20,25-26,31H,16-18H2,1-5H3,(H,37,41)(H,38,42)/t20-,25-,26+/m1/s1. The number of para-hydroxylation sites is 1. The van der Waals surface area contributed by atoms with Crippen molar-refractivity contribution in [3.05, 3.63) is 76.5 Å². The highest BCUT2D eigenvalue weighted by atomic mass is 32.1. The van der Waals surface area contributed by atoms with Gasteiger partial charge in [-0.15, -0.1) is 11.3 Å². The maximum absolute atomic E-state index is 13.4. The maximum atomic E-state index is 13.4. The van der Waals surface area contributed by atoms with Crippen molar-refractivity contribution in [1.82, 2.24) is 15.5 Å². The number of likely N-dealkylation sites (tertiary alicyclic amines) is 1. The summed E-state index contributed by atoms with van der Waals surface area (Å²) in [6.45, 7) is 5.93. The van der Waals surface area contributed by atoms with E-state index in [0.717, 1.165) is 10.3 Å². The lowest BCUT2D eigenvalue weighted by atomic mass is 9.81. The van der Waals surface area contributed by atoms with Crippen LogP contribution in [0, 0.1) is 0 Å². The lowest BCUT2D eigenvalue weighted by Crippen LogP contribution is -2.49. The number of ether oxygens (including phenoxy) is 2. The van der Waals surface area contributed by atoms with Crippen molar-refractivity contribution in [3.63, 3.8) is 0 Å². The largest absolute Gasteiger partial charge is 0.495 e. The topological polar surface area (TPSA) is 115 Å². The summed E-state index contributed by atoms with van der Waals surface area (Å²) in [6.07, 6.45) is -1.16. The zero-order chi connectivity index (χ0) is 33.9. The van der Waals surface area contributed by atoms with Gasteiger partial charge in [-0.25, -0.2) is 0 Å². The molecule has 250 valence electrons. The predicted molar refractivity (Wildman–Crippen MR) is 173 cm³/mol. The van der Waals surface area contributed by atoms with Crippen LogP contribution >= 0.6 is 11.3 Å². The molecule has 47 heavy (non-hydrogen) atoms. The quantitative estimate of drug-likeness (QED) is 0.286. The average molecular weight is 670 g/mol. The van der Waals surface area contributed by atoms with Crippen LogP contribution in [0.1, 0.15) is 62.3 Å². The summed E-state index contributed by atoms with van der Waals surface area (Å²) in [5.74, 6) is -0.466. The number of benzene rings is 2. The summed E-state index contributed by atoms with van der Waals surface area (Å²) < 4.78 is 48.8. The second-order valence-electron chi connectivity index (χ2n) is 12.5. The molecule has 2 fully saturated rings. The lowest BCUT2D eigenvalue weighted by molar-refractivity contribution is -0.160. The number of nitrogens with one attached hydrogen (secondary N) is 2. The second kappa shape index (κ2) is 14.1. The van der Waals surface area contributed by atoms with E-state index < -0.39 is 67.4 Å². The minimum Gasteiger partial charge on any atom is -0.457 e. The molecule has 0 unspecified atom stereocenters. The van der Waals surface area contributed by atoms with Gasteiger partial charge in [0.1, 0.15) is 17.5 Å². The Morgan fingerprint density at radius 1 is 1.02 bits per heavy atom. The van der Waals surface area contributed by atoms with Crippen LogP contribution in [0.3, 0.4) is 0 Å². The summed E-state index contributed by atoms with van der Waals surface area (Å²) in [6, 6.07) is 15.9. The fraction of sp³-hybridized carbons (Fsp3) is 0.424. The van der Waals surface area contributed by atoms with Gasteiger partial charge in [0.15, 0.2) is 0 Å². The van der Waals surface area contributed by atoms with Crippen molar-refractivity contribution >= 4 is 41.6 Å². The number of rotatable bonds is 11. The molecule has 3 atom stereocenters. The Morgan fingerprint density at radius 2 is 1.66 bits per heavy atom. The molecule has 2 aliphatic rings. The number of alkyl halides is 2. The Morgan fingerprint density at radius 3 is 2.30 bits per heavy atom. The number of amides is 3. The fourth-order valence-corrected chi connectivity index (χ4v) is 6.22. The molecule has 10 nitrogen and oxygen atoms in total. The van der Waals surface area contributed by atoms with Crippen LogP contribution in [0.25, 0.3) is 0 Å². The lowest BCUT2D eigenvalue weighted by Gasteiger charge is -2.32. The van der Waals surface area contributed by atoms with Gasteiger partial charge in [-0.3, -0.25) is 14.4 Å². The van der Waals surface area contributed by atoms with Gasteiger partial charge >= 0.3 is 13.7 Å². The third-order valence-electron chi connectivity index (χ3n) is 8.63. The first-order valence-corrected chi connectivity index (χ1v) is 16.2. The van der Waals surface area contributed by atoms with Crippen molar-refractivity contribution in [3.8, 4) is 11.5 Å². The molecule has 2 N–H and O–H groups in total. The molecule has 2 aliphatic heterocycles. The van der Waals surface area contributed by atoms with E-state index >= 15 is 0 Å². The van der Waals surface area contributed by atoms with E-state index in [1.165, 1.54) is 16.2 Å². The molecule has 14 heteroatoms. The number of nitrogens with zero attached hydrogens (tertiary/aromatic N) is 1. The molecule has 3 aromatic rings. The maximum Gasteiger partial charge on any atom is 0.495 e. The van der Waals surface area contributed by atoms with Gasteiger partial charge in [0, 0.05) is 23.4 Å². The first-order chi connectivity index (χ1) is 22.2. The Labute approximate surface area is 276 Å². The van der Waals surface area contributed by atoms with Crippen LogP contribution in [0.2, 0.25) is 0 Å². The first-order valence-electron chi connectivity index (χ1n) is 15.3.